The molecule has 10 nitrogen and oxygen atoms in total. The number of aryl methyl sites for hydroxylation is 2. The van der Waals surface area contributed by atoms with Gasteiger partial charge in [0.1, 0.15) is 11.9 Å². The molecule has 2 aromatic carbocycles. The molecule has 11 heteroatoms. The molecule has 0 fully saturated rings. The van der Waals surface area contributed by atoms with E-state index >= 15 is 4.39 Å². The summed E-state index contributed by atoms with van der Waals surface area (Å²) in [6.45, 7) is 6.28. The number of likely N-dealkylation sites (N-methyl/N-ethyl adjacent to an activating group) is 1. The van der Waals surface area contributed by atoms with Gasteiger partial charge >= 0.3 is 5.69 Å². The third-order valence-corrected chi connectivity index (χ3v) is 6.87. The lowest BCUT2D eigenvalue weighted by Gasteiger charge is -2.22. The molecule has 0 amide bonds. The Kier molecular flexibility index (Phi) is 8.58. The standard InChI is InChI=1S/C31H34FN7O3/c1-6-21-15-24(28(32)26(17-21)41-19(2)18-38(4)5)25(30-35-31(40)39(36-30)27-9-7-8-14-33-27)16-22-10-12-23(13-11-22)29-34-20(3)42-37-29/h7-15,17,19,25H,6,16,18H2,1-5H3,(H,35,36,40). The van der Waals surface area contributed by atoms with Gasteiger partial charge in [-0.2, -0.15) is 9.67 Å². The van der Waals surface area contributed by atoms with Crippen molar-refractivity contribution in [3.8, 4) is 23.0 Å². The summed E-state index contributed by atoms with van der Waals surface area (Å²) < 4.78 is 28.7. The number of rotatable bonds is 11. The second-order valence-electron chi connectivity index (χ2n) is 10.5. The van der Waals surface area contributed by atoms with Gasteiger partial charge in [0.2, 0.25) is 11.7 Å². The Labute approximate surface area is 243 Å². The molecule has 5 aromatic rings. The molecule has 3 aromatic heterocycles. The smallest absolute Gasteiger partial charge is 0.349 e. The van der Waals surface area contributed by atoms with Gasteiger partial charge in [-0.15, -0.1) is 5.10 Å². The van der Waals surface area contributed by atoms with Crippen LogP contribution in [0.2, 0.25) is 0 Å². The molecule has 0 spiro atoms. The number of aromatic amines is 1. The first-order chi connectivity index (χ1) is 20.2. The van der Waals surface area contributed by atoms with E-state index in [1.165, 1.54) is 4.68 Å². The van der Waals surface area contributed by atoms with E-state index in [0.717, 1.165) is 16.7 Å². The lowest BCUT2D eigenvalue weighted by atomic mass is 9.89. The molecule has 3 heterocycles. The minimum atomic E-state index is -0.626. The maximum Gasteiger partial charge on any atom is 0.349 e. The number of nitrogens with one attached hydrogen (secondary N) is 1. The molecule has 2 atom stereocenters. The maximum atomic E-state index is 16.3. The van der Waals surface area contributed by atoms with Crippen molar-refractivity contribution in [1.82, 2.24) is 34.8 Å². The zero-order chi connectivity index (χ0) is 29.8. The molecule has 1 N–H and O–H groups in total. The summed E-state index contributed by atoms with van der Waals surface area (Å²) in [6, 6.07) is 16.4. The van der Waals surface area contributed by atoms with Crippen molar-refractivity contribution in [2.75, 3.05) is 20.6 Å². The molecule has 0 radical (unpaired) electrons. The summed E-state index contributed by atoms with van der Waals surface area (Å²) in [5, 5.41) is 8.57. The molecule has 218 valence electrons. The van der Waals surface area contributed by atoms with Crippen molar-refractivity contribution >= 4 is 0 Å². The van der Waals surface area contributed by atoms with Crippen LogP contribution in [-0.4, -0.2) is 61.5 Å². The number of aromatic nitrogens is 6. The van der Waals surface area contributed by atoms with Crippen LogP contribution in [0.1, 0.15) is 48.2 Å². The number of hydrogen-bond acceptors (Lipinski definition) is 8. The van der Waals surface area contributed by atoms with Crippen LogP contribution in [0.15, 0.2) is 70.1 Å². The van der Waals surface area contributed by atoms with E-state index in [-0.39, 0.29) is 11.9 Å². The summed E-state index contributed by atoms with van der Waals surface area (Å²) in [4.78, 5) is 26.4. The molecule has 2 unspecified atom stereocenters. The van der Waals surface area contributed by atoms with E-state index in [0.29, 0.717) is 48.3 Å². The van der Waals surface area contributed by atoms with Gasteiger partial charge in [0.05, 0.1) is 5.92 Å². The fraction of sp³-hybridized carbons (Fsp3) is 0.323. The highest BCUT2D eigenvalue weighted by Gasteiger charge is 2.27. The maximum absolute atomic E-state index is 16.3. The summed E-state index contributed by atoms with van der Waals surface area (Å²) in [7, 11) is 3.89. The average molecular weight is 572 g/mol. The Morgan fingerprint density at radius 3 is 2.55 bits per heavy atom. The highest BCUT2D eigenvalue weighted by Crippen LogP contribution is 2.34. The van der Waals surface area contributed by atoms with Gasteiger partial charge in [0.25, 0.3) is 0 Å². The van der Waals surface area contributed by atoms with E-state index in [9.17, 15) is 4.79 Å². The molecule has 42 heavy (non-hydrogen) atoms. The summed E-state index contributed by atoms with van der Waals surface area (Å²) in [5.41, 5.74) is 2.55. The van der Waals surface area contributed by atoms with Crippen LogP contribution >= 0.6 is 0 Å². The van der Waals surface area contributed by atoms with Crippen LogP contribution in [0.3, 0.4) is 0 Å². The molecular weight excluding hydrogens is 537 g/mol. The number of ether oxygens (including phenoxy) is 1. The first-order valence-electron chi connectivity index (χ1n) is 13.9. The monoisotopic (exact) mass is 571 g/mol. The van der Waals surface area contributed by atoms with Crippen molar-refractivity contribution in [1.29, 1.82) is 0 Å². The van der Waals surface area contributed by atoms with Crippen LogP contribution in [0.5, 0.6) is 5.75 Å². The second-order valence-corrected chi connectivity index (χ2v) is 10.5. The summed E-state index contributed by atoms with van der Waals surface area (Å²) in [5.74, 6) is 0.734. The molecule has 0 aliphatic heterocycles. The lowest BCUT2D eigenvalue weighted by molar-refractivity contribution is 0.169. The number of halogens is 1. The Balaban J connectivity index is 1.58. The van der Waals surface area contributed by atoms with Gasteiger partial charge in [0.15, 0.2) is 17.4 Å². The van der Waals surface area contributed by atoms with Crippen LogP contribution < -0.4 is 10.4 Å². The zero-order valence-corrected chi connectivity index (χ0v) is 24.3. The van der Waals surface area contributed by atoms with Crippen molar-refractivity contribution in [2.45, 2.75) is 45.6 Å². The molecule has 0 saturated heterocycles. The van der Waals surface area contributed by atoms with Crippen molar-refractivity contribution in [3.63, 3.8) is 0 Å². The number of H-pyrrole nitrogens is 1. The Hall–Kier alpha value is -4.64. The molecule has 0 aliphatic rings. The van der Waals surface area contributed by atoms with Crippen molar-refractivity contribution in [2.24, 2.45) is 0 Å². The predicted molar refractivity (Wildman–Crippen MR) is 156 cm³/mol. The largest absolute Gasteiger partial charge is 0.486 e. The Morgan fingerprint density at radius 2 is 1.90 bits per heavy atom. The van der Waals surface area contributed by atoms with E-state index in [1.807, 2.05) is 63.2 Å². The molecule has 0 saturated carbocycles. The zero-order valence-electron chi connectivity index (χ0n) is 24.3. The van der Waals surface area contributed by atoms with Gasteiger partial charge in [-0.3, -0.25) is 4.98 Å². The Bertz CT molecular complexity index is 1690. The minimum Gasteiger partial charge on any atom is -0.486 e. The first-order valence-corrected chi connectivity index (χ1v) is 13.9. The van der Waals surface area contributed by atoms with Crippen LogP contribution in [-0.2, 0) is 12.8 Å². The molecule has 0 aliphatic carbocycles. The number of pyridine rings is 1. The second kappa shape index (κ2) is 12.5. The molecule has 5 rings (SSSR count). The van der Waals surface area contributed by atoms with Gasteiger partial charge in [0, 0.05) is 30.8 Å². The van der Waals surface area contributed by atoms with Crippen molar-refractivity contribution in [3.05, 3.63) is 106 Å². The van der Waals surface area contributed by atoms with Gasteiger partial charge in [-0.25, -0.2) is 14.2 Å². The molecular formula is C31H34FN7O3. The predicted octanol–water partition coefficient (Wildman–Crippen LogP) is 4.72. The SMILES string of the molecule is CCc1cc(OC(C)CN(C)C)c(F)c(C(Cc2ccc(-c3noc(C)n3)cc2)c2nn(-c3ccccn3)c(=O)[nH]2)c1. The average Bonchev–Trinajstić information content (AvgIpc) is 3.58. The highest BCUT2D eigenvalue weighted by molar-refractivity contribution is 5.55. The fourth-order valence-electron chi connectivity index (χ4n) is 4.92. The summed E-state index contributed by atoms with van der Waals surface area (Å²) in [6.07, 6.45) is 2.38. The van der Waals surface area contributed by atoms with Crippen molar-refractivity contribution < 1.29 is 13.7 Å². The van der Waals surface area contributed by atoms with Gasteiger partial charge in [-0.05, 0) is 63.2 Å². The van der Waals surface area contributed by atoms with Gasteiger partial charge in [-0.1, -0.05) is 48.5 Å². The third kappa shape index (κ3) is 6.46. The molecule has 0 bridgehead atoms. The number of hydrogen-bond donors (Lipinski definition) is 1. The quantitative estimate of drug-likeness (QED) is 0.242. The summed E-state index contributed by atoms with van der Waals surface area (Å²) >= 11 is 0. The van der Waals surface area contributed by atoms with E-state index < -0.39 is 17.4 Å². The topological polar surface area (TPSA) is 115 Å². The van der Waals surface area contributed by atoms with Crippen LogP contribution in [0, 0.1) is 12.7 Å². The van der Waals surface area contributed by atoms with E-state index in [4.69, 9.17) is 9.26 Å². The Morgan fingerprint density at radius 1 is 1.12 bits per heavy atom. The van der Waals surface area contributed by atoms with Crippen LogP contribution in [0.25, 0.3) is 17.2 Å². The highest BCUT2D eigenvalue weighted by atomic mass is 19.1. The van der Waals surface area contributed by atoms with Gasteiger partial charge < -0.3 is 14.2 Å². The van der Waals surface area contributed by atoms with Crippen LogP contribution in [0.4, 0.5) is 4.39 Å². The lowest BCUT2D eigenvalue weighted by Crippen LogP contribution is -2.28. The minimum absolute atomic E-state index is 0.179. The third-order valence-electron chi connectivity index (χ3n) is 6.87. The number of nitrogens with zero attached hydrogens (tertiary/aromatic N) is 6. The number of benzene rings is 2. The van der Waals surface area contributed by atoms with E-state index in [2.05, 4.69) is 25.2 Å². The first kappa shape index (κ1) is 28.9. The fourth-order valence-corrected chi connectivity index (χ4v) is 4.92. The van der Waals surface area contributed by atoms with E-state index in [1.54, 1.807) is 37.4 Å². The normalized spacial score (nSPS) is 12.9.